The molecule has 0 saturated carbocycles. The zero-order valence-electron chi connectivity index (χ0n) is 11.3. The maximum absolute atomic E-state index is 10.7. The summed E-state index contributed by atoms with van der Waals surface area (Å²) < 4.78 is 5.73. The van der Waals surface area contributed by atoms with Crippen molar-refractivity contribution in [2.45, 2.75) is 13.0 Å². The summed E-state index contributed by atoms with van der Waals surface area (Å²) in [6.07, 6.45) is 0.615. The van der Waals surface area contributed by atoms with Gasteiger partial charge in [0.05, 0.1) is 4.92 Å². The predicted octanol–water partition coefficient (Wildman–Crippen LogP) is 3.33. The SMILES string of the molecule is NCCc1c(Cl)cccc1OCc1cccc([N+](=O)[O-])c1. The van der Waals surface area contributed by atoms with E-state index in [4.69, 9.17) is 22.1 Å². The molecule has 0 aliphatic heterocycles. The lowest BCUT2D eigenvalue weighted by Crippen LogP contribution is -2.06. The number of halogens is 1. The van der Waals surface area contributed by atoms with Gasteiger partial charge >= 0.3 is 0 Å². The second-order valence-electron chi connectivity index (χ2n) is 4.47. The molecule has 0 unspecified atom stereocenters. The molecule has 2 N–H and O–H groups in total. The molecule has 2 rings (SSSR count). The fourth-order valence-corrected chi connectivity index (χ4v) is 2.24. The van der Waals surface area contributed by atoms with Gasteiger partial charge in [-0.25, -0.2) is 0 Å². The second-order valence-corrected chi connectivity index (χ2v) is 4.88. The van der Waals surface area contributed by atoms with Crippen molar-refractivity contribution in [3.8, 4) is 5.75 Å². The summed E-state index contributed by atoms with van der Waals surface area (Å²) in [6, 6.07) is 11.7. The summed E-state index contributed by atoms with van der Waals surface area (Å²) in [5.41, 5.74) is 7.19. The number of hydrogen-bond donors (Lipinski definition) is 1. The first-order chi connectivity index (χ1) is 10.1. The van der Waals surface area contributed by atoms with Crippen LogP contribution in [-0.2, 0) is 13.0 Å². The van der Waals surface area contributed by atoms with Crippen molar-refractivity contribution in [2.75, 3.05) is 6.54 Å². The Morgan fingerprint density at radius 2 is 2.00 bits per heavy atom. The van der Waals surface area contributed by atoms with Gasteiger partial charge in [0.15, 0.2) is 0 Å². The van der Waals surface area contributed by atoms with Gasteiger partial charge in [0.25, 0.3) is 5.69 Å². The van der Waals surface area contributed by atoms with Crippen LogP contribution < -0.4 is 10.5 Å². The first-order valence-corrected chi connectivity index (χ1v) is 6.83. The van der Waals surface area contributed by atoms with Crippen LogP contribution in [-0.4, -0.2) is 11.5 Å². The number of ether oxygens (including phenoxy) is 1. The standard InChI is InChI=1S/C15H15ClN2O3/c16-14-5-2-6-15(13(14)7-8-17)21-10-11-3-1-4-12(9-11)18(19)20/h1-6,9H,7-8,10,17H2. The van der Waals surface area contributed by atoms with E-state index in [-0.39, 0.29) is 12.3 Å². The molecule has 5 nitrogen and oxygen atoms in total. The van der Waals surface area contributed by atoms with Crippen molar-refractivity contribution in [3.63, 3.8) is 0 Å². The van der Waals surface area contributed by atoms with E-state index in [1.807, 2.05) is 6.07 Å². The number of benzene rings is 2. The van der Waals surface area contributed by atoms with E-state index in [2.05, 4.69) is 0 Å². The molecule has 0 atom stereocenters. The fraction of sp³-hybridized carbons (Fsp3) is 0.200. The van der Waals surface area contributed by atoms with E-state index in [0.717, 1.165) is 11.1 Å². The quantitative estimate of drug-likeness (QED) is 0.656. The maximum Gasteiger partial charge on any atom is 0.269 e. The molecule has 0 aliphatic rings. The van der Waals surface area contributed by atoms with E-state index >= 15 is 0 Å². The summed E-state index contributed by atoms with van der Waals surface area (Å²) in [6.45, 7) is 0.705. The van der Waals surface area contributed by atoms with E-state index in [1.165, 1.54) is 12.1 Å². The minimum absolute atomic E-state index is 0.0457. The Kier molecular flexibility index (Phi) is 5.14. The molecule has 0 heterocycles. The van der Waals surface area contributed by atoms with Crippen LogP contribution in [0.3, 0.4) is 0 Å². The molecule has 0 saturated heterocycles. The number of nitrogens with zero attached hydrogens (tertiary/aromatic N) is 1. The summed E-state index contributed by atoms with van der Waals surface area (Å²) in [4.78, 5) is 10.3. The van der Waals surface area contributed by atoms with Crippen molar-refractivity contribution in [3.05, 3.63) is 68.7 Å². The smallest absolute Gasteiger partial charge is 0.269 e. The van der Waals surface area contributed by atoms with Crippen LogP contribution in [0, 0.1) is 10.1 Å². The van der Waals surface area contributed by atoms with Gasteiger partial charge in [-0.15, -0.1) is 0 Å². The highest BCUT2D eigenvalue weighted by atomic mass is 35.5. The summed E-state index contributed by atoms with van der Waals surface area (Å²) in [5, 5.41) is 11.4. The lowest BCUT2D eigenvalue weighted by atomic mass is 10.1. The summed E-state index contributed by atoms with van der Waals surface area (Å²) in [7, 11) is 0. The zero-order valence-corrected chi connectivity index (χ0v) is 12.0. The van der Waals surface area contributed by atoms with Crippen LogP contribution in [0.15, 0.2) is 42.5 Å². The minimum atomic E-state index is -0.428. The van der Waals surface area contributed by atoms with Crippen LogP contribution in [0.4, 0.5) is 5.69 Å². The topological polar surface area (TPSA) is 78.4 Å². The molecule has 21 heavy (non-hydrogen) atoms. The molecule has 0 aromatic heterocycles. The molecule has 0 radical (unpaired) electrons. The lowest BCUT2D eigenvalue weighted by Gasteiger charge is -2.12. The highest BCUT2D eigenvalue weighted by Crippen LogP contribution is 2.27. The van der Waals surface area contributed by atoms with Gasteiger partial charge in [-0.1, -0.05) is 29.8 Å². The van der Waals surface area contributed by atoms with E-state index in [0.29, 0.717) is 23.7 Å². The van der Waals surface area contributed by atoms with Gasteiger partial charge in [0, 0.05) is 22.7 Å². The Bertz CT molecular complexity index is 647. The van der Waals surface area contributed by atoms with Gasteiger partial charge in [-0.2, -0.15) is 0 Å². The number of nitro groups is 1. The van der Waals surface area contributed by atoms with Crippen LogP contribution in [0.5, 0.6) is 5.75 Å². The number of nitro benzene ring substituents is 1. The Morgan fingerprint density at radius 3 is 2.71 bits per heavy atom. The average Bonchev–Trinajstić information content (AvgIpc) is 2.48. The maximum atomic E-state index is 10.7. The van der Waals surface area contributed by atoms with E-state index < -0.39 is 4.92 Å². The zero-order chi connectivity index (χ0) is 15.2. The van der Waals surface area contributed by atoms with Crippen molar-refractivity contribution < 1.29 is 9.66 Å². The third kappa shape index (κ3) is 3.93. The molecule has 0 bridgehead atoms. The van der Waals surface area contributed by atoms with Gasteiger partial charge in [-0.3, -0.25) is 10.1 Å². The first-order valence-electron chi connectivity index (χ1n) is 6.45. The molecular formula is C15H15ClN2O3. The van der Waals surface area contributed by atoms with Crippen molar-refractivity contribution in [1.82, 2.24) is 0 Å². The summed E-state index contributed by atoms with van der Waals surface area (Å²) in [5.74, 6) is 0.652. The number of nitrogens with two attached hydrogens (primary N) is 1. The van der Waals surface area contributed by atoms with Crippen molar-refractivity contribution >= 4 is 17.3 Å². The van der Waals surface area contributed by atoms with Crippen LogP contribution in [0.1, 0.15) is 11.1 Å². The van der Waals surface area contributed by atoms with Crippen LogP contribution in [0.2, 0.25) is 5.02 Å². The second kappa shape index (κ2) is 7.06. The number of hydrogen-bond acceptors (Lipinski definition) is 4. The molecule has 0 amide bonds. The van der Waals surface area contributed by atoms with Crippen LogP contribution >= 0.6 is 11.6 Å². The molecule has 0 fully saturated rings. The molecule has 0 spiro atoms. The minimum Gasteiger partial charge on any atom is -0.489 e. The third-order valence-electron chi connectivity index (χ3n) is 2.99. The monoisotopic (exact) mass is 306 g/mol. The Morgan fingerprint density at radius 1 is 1.24 bits per heavy atom. The molecule has 0 aliphatic carbocycles. The summed E-state index contributed by atoms with van der Waals surface area (Å²) >= 11 is 6.13. The van der Waals surface area contributed by atoms with Crippen molar-refractivity contribution in [1.29, 1.82) is 0 Å². The Balaban J connectivity index is 2.15. The van der Waals surface area contributed by atoms with Gasteiger partial charge < -0.3 is 10.5 Å². The largest absolute Gasteiger partial charge is 0.489 e. The first kappa shape index (κ1) is 15.3. The normalized spacial score (nSPS) is 10.4. The number of non-ortho nitro benzene ring substituents is 1. The fourth-order valence-electron chi connectivity index (χ4n) is 1.98. The number of rotatable bonds is 6. The van der Waals surface area contributed by atoms with Gasteiger partial charge in [-0.05, 0) is 30.7 Å². The molecule has 2 aromatic carbocycles. The Labute approximate surface area is 127 Å². The van der Waals surface area contributed by atoms with E-state index in [9.17, 15) is 10.1 Å². The average molecular weight is 307 g/mol. The Hall–Kier alpha value is -2.11. The lowest BCUT2D eigenvalue weighted by molar-refractivity contribution is -0.384. The van der Waals surface area contributed by atoms with Gasteiger partial charge in [0.2, 0.25) is 0 Å². The highest BCUT2D eigenvalue weighted by molar-refractivity contribution is 6.31. The molecule has 2 aromatic rings. The van der Waals surface area contributed by atoms with Gasteiger partial charge in [0.1, 0.15) is 12.4 Å². The molecule has 6 heteroatoms. The van der Waals surface area contributed by atoms with Crippen LogP contribution in [0.25, 0.3) is 0 Å². The third-order valence-corrected chi connectivity index (χ3v) is 3.34. The molecule has 110 valence electrons. The highest BCUT2D eigenvalue weighted by Gasteiger charge is 2.09. The van der Waals surface area contributed by atoms with E-state index in [1.54, 1.807) is 24.3 Å². The predicted molar refractivity (Wildman–Crippen MR) is 81.6 cm³/mol. The van der Waals surface area contributed by atoms with Crippen molar-refractivity contribution in [2.24, 2.45) is 5.73 Å². The molecular weight excluding hydrogens is 292 g/mol.